The fraction of sp³-hybridized carbons (Fsp3) is 0.647. The Balaban J connectivity index is 1.68. The van der Waals surface area contributed by atoms with Gasteiger partial charge in [-0.15, -0.1) is 0 Å². The molecule has 3 rings (SSSR count). The Hall–Kier alpha value is -0.730. The standard InChI is InChI=1S/C17H25ClN2/c1-12(2)19-9-13-6-7-17(16(18)8-13)20-10-14-4-3-5-15(14)11-20/h6-8,12,14-15,19H,3-5,9-11H2,1-2H3. The highest BCUT2D eigenvalue weighted by atomic mass is 35.5. The lowest BCUT2D eigenvalue weighted by Gasteiger charge is -2.21. The predicted octanol–water partition coefficient (Wildman–Crippen LogP) is 4.07. The summed E-state index contributed by atoms with van der Waals surface area (Å²) in [4.78, 5) is 2.50. The van der Waals surface area contributed by atoms with Gasteiger partial charge in [0.15, 0.2) is 0 Å². The molecule has 2 atom stereocenters. The molecule has 2 aliphatic rings. The third kappa shape index (κ3) is 2.96. The van der Waals surface area contributed by atoms with Crippen molar-refractivity contribution in [2.24, 2.45) is 11.8 Å². The van der Waals surface area contributed by atoms with E-state index in [4.69, 9.17) is 11.6 Å². The molecule has 1 aliphatic heterocycles. The lowest BCUT2D eigenvalue weighted by Crippen LogP contribution is -2.23. The Labute approximate surface area is 127 Å². The van der Waals surface area contributed by atoms with Crippen LogP contribution in [0.4, 0.5) is 5.69 Å². The summed E-state index contributed by atoms with van der Waals surface area (Å²) >= 11 is 6.51. The van der Waals surface area contributed by atoms with Crippen LogP contribution < -0.4 is 10.2 Å². The third-order valence-corrected chi connectivity index (χ3v) is 5.10. The number of rotatable bonds is 4. The molecule has 20 heavy (non-hydrogen) atoms. The van der Waals surface area contributed by atoms with Crippen LogP contribution in [-0.4, -0.2) is 19.1 Å². The highest BCUT2D eigenvalue weighted by molar-refractivity contribution is 6.33. The van der Waals surface area contributed by atoms with Gasteiger partial charge in [-0.1, -0.05) is 37.9 Å². The topological polar surface area (TPSA) is 15.3 Å². The van der Waals surface area contributed by atoms with Crippen molar-refractivity contribution in [2.45, 2.75) is 45.7 Å². The van der Waals surface area contributed by atoms with Gasteiger partial charge in [0.25, 0.3) is 0 Å². The first-order valence-electron chi connectivity index (χ1n) is 7.90. The Morgan fingerprint density at radius 3 is 2.55 bits per heavy atom. The van der Waals surface area contributed by atoms with Crippen LogP contribution in [0.3, 0.4) is 0 Å². The van der Waals surface area contributed by atoms with Crippen molar-refractivity contribution >= 4 is 17.3 Å². The maximum absolute atomic E-state index is 6.51. The molecule has 1 aromatic rings. The molecule has 1 N–H and O–H groups in total. The SMILES string of the molecule is CC(C)NCc1ccc(N2CC3CCCC3C2)c(Cl)c1. The predicted molar refractivity (Wildman–Crippen MR) is 86.5 cm³/mol. The number of anilines is 1. The van der Waals surface area contributed by atoms with Gasteiger partial charge in [-0.2, -0.15) is 0 Å². The highest BCUT2D eigenvalue weighted by Crippen LogP contribution is 2.41. The minimum absolute atomic E-state index is 0.506. The number of nitrogens with zero attached hydrogens (tertiary/aromatic N) is 1. The molecular weight excluding hydrogens is 268 g/mol. The molecule has 2 fully saturated rings. The molecule has 1 aromatic carbocycles. The van der Waals surface area contributed by atoms with Gasteiger partial charge in [0.05, 0.1) is 10.7 Å². The van der Waals surface area contributed by atoms with E-state index in [2.05, 4.69) is 42.3 Å². The summed E-state index contributed by atoms with van der Waals surface area (Å²) in [6.45, 7) is 7.63. The molecule has 0 spiro atoms. The molecule has 2 nitrogen and oxygen atoms in total. The number of nitrogens with one attached hydrogen (secondary N) is 1. The van der Waals surface area contributed by atoms with Crippen LogP contribution >= 0.6 is 11.6 Å². The summed E-state index contributed by atoms with van der Waals surface area (Å²) in [6.07, 6.45) is 4.25. The Morgan fingerprint density at radius 2 is 1.95 bits per heavy atom. The molecule has 0 amide bonds. The van der Waals surface area contributed by atoms with E-state index in [1.807, 2.05) is 0 Å². The molecule has 3 heteroatoms. The smallest absolute Gasteiger partial charge is 0.0642 e. The zero-order chi connectivity index (χ0) is 14.1. The van der Waals surface area contributed by atoms with Gasteiger partial charge in [-0.05, 0) is 42.4 Å². The summed E-state index contributed by atoms with van der Waals surface area (Å²) in [7, 11) is 0. The van der Waals surface area contributed by atoms with Crippen molar-refractivity contribution in [1.82, 2.24) is 5.32 Å². The van der Waals surface area contributed by atoms with Crippen molar-refractivity contribution in [3.63, 3.8) is 0 Å². The fourth-order valence-electron chi connectivity index (χ4n) is 3.67. The quantitative estimate of drug-likeness (QED) is 0.900. The molecule has 1 heterocycles. The van der Waals surface area contributed by atoms with Crippen molar-refractivity contribution in [3.05, 3.63) is 28.8 Å². The van der Waals surface area contributed by atoms with E-state index >= 15 is 0 Å². The second-order valence-electron chi connectivity index (χ2n) is 6.68. The van der Waals surface area contributed by atoms with E-state index in [0.717, 1.165) is 23.4 Å². The fourth-order valence-corrected chi connectivity index (χ4v) is 3.99. The van der Waals surface area contributed by atoms with Crippen LogP contribution in [0.5, 0.6) is 0 Å². The Morgan fingerprint density at radius 1 is 1.25 bits per heavy atom. The lowest BCUT2D eigenvalue weighted by atomic mass is 10.0. The number of benzene rings is 1. The molecular formula is C17H25ClN2. The molecule has 0 radical (unpaired) electrons. The molecule has 1 saturated heterocycles. The van der Waals surface area contributed by atoms with Crippen LogP contribution in [0, 0.1) is 11.8 Å². The average molecular weight is 293 g/mol. The molecule has 2 unspecified atom stereocenters. The molecule has 1 saturated carbocycles. The van der Waals surface area contributed by atoms with E-state index in [1.54, 1.807) is 0 Å². The van der Waals surface area contributed by atoms with E-state index < -0.39 is 0 Å². The van der Waals surface area contributed by atoms with E-state index in [0.29, 0.717) is 6.04 Å². The van der Waals surface area contributed by atoms with Gasteiger partial charge < -0.3 is 10.2 Å². The summed E-state index contributed by atoms with van der Waals surface area (Å²) in [5.41, 5.74) is 2.50. The van der Waals surface area contributed by atoms with Crippen LogP contribution in [0.15, 0.2) is 18.2 Å². The first-order valence-corrected chi connectivity index (χ1v) is 8.28. The summed E-state index contributed by atoms with van der Waals surface area (Å²) in [6, 6.07) is 7.05. The largest absolute Gasteiger partial charge is 0.370 e. The first-order chi connectivity index (χ1) is 9.63. The van der Waals surface area contributed by atoms with Crippen LogP contribution in [0.2, 0.25) is 5.02 Å². The molecule has 1 aliphatic carbocycles. The van der Waals surface area contributed by atoms with Gasteiger partial charge in [0, 0.05) is 25.7 Å². The van der Waals surface area contributed by atoms with Crippen molar-refractivity contribution in [1.29, 1.82) is 0 Å². The van der Waals surface area contributed by atoms with Gasteiger partial charge >= 0.3 is 0 Å². The number of halogens is 1. The van der Waals surface area contributed by atoms with Gasteiger partial charge in [0.1, 0.15) is 0 Å². The Bertz CT molecular complexity index is 460. The second-order valence-corrected chi connectivity index (χ2v) is 7.08. The van der Waals surface area contributed by atoms with Crippen LogP contribution in [0.1, 0.15) is 38.7 Å². The van der Waals surface area contributed by atoms with E-state index in [1.165, 1.54) is 43.6 Å². The maximum atomic E-state index is 6.51. The normalized spacial score (nSPS) is 25.5. The summed E-state index contributed by atoms with van der Waals surface area (Å²) in [5, 5.41) is 4.35. The Kier molecular flexibility index (Phi) is 4.23. The molecule has 0 aromatic heterocycles. The minimum Gasteiger partial charge on any atom is -0.370 e. The number of fused-ring (bicyclic) bond motifs is 1. The highest BCUT2D eigenvalue weighted by Gasteiger charge is 2.36. The second kappa shape index (κ2) is 5.95. The number of hydrogen-bond donors (Lipinski definition) is 1. The van der Waals surface area contributed by atoms with Gasteiger partial charge in [-0.25, -0.2) is 0 Å². The van der Waals surface area contributed by atoms with Crippen molar-refractivity contribution in [2.75, 3.05) is 18.0 Å². The zero-order valence-electron chi connectivity index (χ0n) is 12.5. The van der Waals surface area contributed by atoms with Gasteiger partial charge in [-0.3, -0.25) is 0 Å². The lowest BCUT2D eigenvalue weighted by molar-refractivity contribution is 0.494. The van der Waals surface area contributed by atoms with E-state index in [-0.39, 0.29) is 0 Å². The molecule has 110 valence electrons. The van der Waals surface area contributed by atoms with E-state index in [9.17, 15) is 0 Å². The van der Waals surface area contributed by atoms with Crippen molar-refractivity contribution in [3.8, 4) is 0 Å². The summed E-state index contributed by atoms with van der Waals surface area (Å²) in [5.74, 6) is 1.82. The maximum Gasteiger partial charge on any atom is 0.0642 e. The first kappa shape index (κ1) is 14.2. The number of hydrogen-bond acceptors (Lipinski definition) is 2. The minimum atomic E-state index is 0.506. The zero-order valence-corrected chi connectivity index (χ0v) is 13.3. The molecule has 0 bridgehead atoms. The monoisotopic (exact) mass is 292 g/mol. The third-order valence-electron chi connectivity index (χ3n) is 4.79. The summed E-state index contributed by atoms with van der Waals surface area (Å²) < 4.78 is 0. The average Bonchev–Trinajstić information content (AvgIpc) is 2.97. The van der Waals surface area contributed by atoms with Crippen LogP contribution in [0.25, 0.3) is 0 Å². The van der Waals surface area contributed by atoms with Crippen molar-refractivity contribution < 1.29 is 0 Å². The van der Waals surface area contributed by atoms with Gasteiger partial charge in [0.2, 0.25) is 0 Å². The van der Waals surface area contributed by atoms with Crippen LogP contribution in [-0.2, 0) is 6.54 Å².